The van der Waals surface area contributed by atoms with Crippen LogP contribution in [0.25, 0.3) is 0 Å². The van der Waals surface area contributed by atoms with Gasteiger partial charge in [-0.2, -0.15) is 0 Å². The highest BCUT2D eigenvalue weighted by atomic mass is 16.2. The Morgan fingerprint density at radius 1 is 1.08 bits per heavy atom. The second kappa shape index (κ2) is 5.45. The Morgan fingerprint density at radius 3 is 2.50 bits per heavy atom. The van der Waals surface area contributed by atoms with Crippen LogP contribution in [0.2, 0.25) is 0 Å². The van der Waals surface area contributed by atoms with E-state index in [4.69, 9.17) is 0 Å². The maximum Gasteiger partial charge on any atom is 0.328 e. The van der Waals surface area contributed by atoms with Crippen LogP contribution < -0.4 is 16.0 Å². The van der Waals surface area contributed by atoms with E-state index in [9.17, 15) is 19.2 Å². The van der Waals surface area contributed by atoms with Crippen LogP contribution in [0, 0.1) is 5.92 Å². The molecule has 3 N–H and O–H groups in total. The number of hydrogen-bond acceptors (Lipinski definition) is 4. The molecule has 0 aliphatic carbocycles. The molecule has 136 valence electrons. The van der Waals surface area contributed by atoms with Gasteiger partial charge in [-0.25, -0.2) is 9.59 Å². The zero-order valence-corrected chi connectivity index (χ0v) is 14.4. The summed E-state index contributed by atoms with van der Waals surface area (Å²) < 4.78 is 0. The van der Waals surface area contributed by atoms with Gasteiger partial charge < -0.3 is 20.9 Å². The number of amides is 6. The first kappa shape index (κ1) is 16.4. The van der Waals surface area contributed by atoms with Crippen LogP contribution in [-0.2, 0) is 15.1 Å². The summed E-state index contributed by atoms with van der Waals surface area (Å²) in [6, 6.07) is 5.89. The minimum atomic E-state index is -1.55. The van der Waals surface area contributed by atoms with Gasteiger partial charge in [-0.15, -0.1) is 0 Å². The molecule has 0 radical (unpaired) electrons. The van der Waals surface area contributed by atoms with Crippen molar-refractivity contribution in [2.75, 3.05) is 18.4 Å². The monoisotopic (exact) mass is 357 g/mol. The van der Waals surface area contributed by atoms with Crippen molar-refractivity contribution in [2.24, 2.45) is 5.92 Å². The van der Waals surface area contributed by atoms with Crippen LogP contribution in [0.1, 0.15) is 19.4 Å². The van der Waals surface area contributed by atoms with Gasteiger partial charge in [-0.1, -0.05) is 18.2 Å². The molecule has 3 aliphatic rings. The third-order valence-electron chi connectivity index (χ3n) is 5.33. The van der Waals surface area contributed by atoms with Crippen molar-refractivity contribution in [1.82, 2.24) is 20.4 Å². The molecule has 1 spiro atoms. The molecule has 6 amide bonds. The molecular formula is C17H19N5O4. The summed E-state index contributed by atoms with van der Waals surface area (Å²) >= 11 is 0. The molecule has 4 rings (SSSR count). The number of anilines is 1. The van der Waals surface area contributed by atoms with E-state index in [2.05, 4.69) is 16.0 Å². The molecule has 0 saturated carbocycles. The first-order chi connectivity index (χ1) is 12.5. The number of fused-ring (bicyclic) bond motifs is 4. The molecule has 1 aromatic carbocycles. The molecule has 3 unspecified atom stereocenters. The maximum absolute atomic E-state index is 13.2. The lowest BCUT2D eigenvalue weighted by molar-refractivity contribution is -0.149. The van der Waals surface area contributed by atoms with Gasteiger partial charge in [-0.05, 0) is 19.9 Å². The molecule has 3 atom stereocenters. The van der Waals surface area contributed by atoms with E-state index in [0.29, 0.717) is 17.8 Å². The largest absolute Gasteiger partial charge is 0.328 e. The highest BCUT2D eigenvalue weighted by Gasteiger charge is 2.65. The Labute approximate surface area is 149 Å². The number of carbonyl (C=O) groups excluding carboxylic acids is 4. The number of imide groups is 1. The first-order valence-corrected chi connectivity index (χ1v) is 8.57. The summed E-state index contributed by atoms with van der Waals surface area (Å²) in [6.07, 6.45) is -0.895. The van der Waals surface area contributed by atoms with Gasteiger partial charge in [0.25, 0.3) is 5.91 Å². The fraction of sp³-hybridized carbons (Fsp3) is 0.412. The lowest BCUT2D eigenvalue weighted by Crippen LogP contribution is -2.79. The molecule has 0 aromatic heterocycles. The third kappa shape index (κ3) is 1.85. The predicted octanol–water partition coefficient (Wildman–Crippen LogP) is 0.393. The minimum absolute atomic E-state index is 0.185. The Hall–Kier alpha value is -3.10. The quantitative estimate of drug-likeness (QED) is 0.711. The minimum Gasteiger partial charge on any atom is -0.323 e. The zero-order chi connectivity index (χ0) is 18.6. The second-order valence-electron chi connectivity index (χ2n) is 6.48. The van der Waals surface area contributed by atoms with E-state index in [1.807, 2.05) is 0 Å². The predicted molar refractivity (Wildman–Crippen MR) is 90.9 cm³/mol. The van der Waals surface area contributed by atoms with Gasteiger partial charge in [0.15, 0.2) is 5.54 Å². The van der Waals surface area contributed by atoms with Gasteiger partial charge in [0.1, 0.15) is 12.1 Å². The number of carbonyl (C=O) groups is 4. The molecule has 3 aliphatic heterocycles. The van der Waals surface area contributed by atoms with Gasteiger partial charge >= 0.3 is 12.1 Å². The SMILES string of the molecule is CCN1C(=O)C2C(NC(=O)NC23C(=O)Nc2ccccc23)N(CC)C1=O. The molecule has 2 fully saturated rings. The topological polar surface area (TPSA) is 111 Å². The van der Waals surface area contributed by atoms with E-state index in [1.165, 1.54) is 4.90 Å². The molecule has 9 nitrogen and oxygen atoms in total. The van der Waals surface area contributed by atoms with Crippen molar-refractivity contribution >= 4 is 29.6 Å². The maximum atomic E-state index is 13.2. The summed E-state index contributed by atoms with van der Waals surface area (Å²) in [6.45, 7) is 3.95. The van der Waals surface area contributed by atoms with E-state index < -0.39 is 41.5 Å². The number of nitrogens with one attached hydrogen (secondary N) is 3. The summed E-state index contributed by atoms with van der Waals surface area (Å²) in [4.78, 5) is 53.8. The molecule has 2 saturated heterocycles. The van der Waals surface area contributed by atoms with Crippen LogP contribution in [0.15, 0.2) is 24.3 Å². The molecule has 3 heterocycles. The summed E-state index contributed by atoms with van der Waals surface area (Å²) in [7, 11) is 0. The highest BCUT2D eigenvalue weighted by molar-refractivity contribution is 6.13. The first-order valence-electron chi connectivity index (χ1n) is 8.57. The highest BCUT2D eigenvalue weighted by Crippen LogP contribution is 2.46. The standard InChI is InChI=1S/C17H19N5O4/c1-3-21-12-11(13(23)22(4-2)16(21)26)17(20-15(25)19-12)9-7-5-6-8-10(9)18-14(17)24/h5-8,11-12H,3-4H2,1-2H3,(H,18,24)(H2,19,20,25). The van der Waals surface area contributed by atoms with Gasteiger partial charge in [0.05, 0.1) is 0 Å². The second-order valence-corrected chi connectivity index (χ2v) is 6.48. The fourth-order valence-electron chi connectivity index (χ4n) is 4.20. The average molecular weight is 357 g/mol. The van der Waals surface area contributed by atoms with Crippen molar-refractivity contribution in [2.45, 2.75) is 25.6 Å². The van der Waals surface area contributed by atoms with Crippen LogP contribution in [0.5, 0.6) is 0 Å². The lowest BCUT2D eigenvalue weighted by Gasteiger charge is -2.52. The van der Waals surface area contributed by atoms with E-state index in [0.717, 1.165) is 4.90 Å². The van der Waals surface area contributed by atoms with Gasteiger partial charge in [0, 0.05) is 24.3 Å². The van der Waals surface area contributed by atoms with Crippen LogP contribution in [0.4, 0.5) is 15.3 Å². The normalized spacial score (nSPS) is 29.9. The third-order valence-corrected chi connectivity index (χ3v) is 5.33. The van der Waals surface area contributed by atoms with Crippen molar-refractivity contribution in [3.63, 3.8) is 0 Å². The van der Waals surface area contributed by atoms with Crippen molar-refractivity contribution in [1.29, 1.82) is 0 Å². The van der Waals surface area contributed by atoms with E-state index in [1.54, 1.807) is 38.1 Å². The van der Waals surface area contributed by atoms with Crippen LogP contribution >= 0.6 is 0 Å². The number of para-hydroxylation sites is 1. The Kier molecular flexibility index (Phi) is 3.43. The van der Waals surface area contributed by atoms with E-state index in [-0.39, 0.29) is 6.54 Å². The Morgan fingerprint density at radius 2 is 1.81 bits per heavy atom. The Balaban J connectivity index is 1.94. The zero-order valence-electron chi connectivity index (χ0n) is 14.4. The summed E-state index contributed by atoms with van der Waals surface area (Å²) in [5, 5.41) is 8.09. The molecular weight excluding hydrogens is 338 g/mol. The molecule has 0 bridgehead atoms. The van der Waals surface area contributed by atoms with Gasteiger partial charge in [-0.3, -0.25) is 14.5 Å². The number of nitrogens with zero attached hydrogens (tertiary/aromatic N) is 2. The number of hydrogen-bond donors (Lipinski definition) is 3. The lowest BCUT2D eigenvalue weighted by atomic mass is 9.73. The number of urea groups is 2. The Bertz CT molecular complexity index is 840. The molecule has 26 heavy (non-hydrogen) atoms. The average Bonchev–Trinajstić information content (AvgIpc) is 2.87. The van der Waals surface area contributed by atoms with Crippen LogP contribution in [0.3, 0.4) is 0 Å². The van der Waals surface area contributed by atoms with Crippen molar-refractivity contribution in [3.05, 3.63) is 29.8 Å². The van der Waals surface area contributed by atoms with Crippen molar-refractivity contribution in [3.8, 4) is 0 Å². The van der Waals surface area contributed by atoms with Crippen LogP contribution in [-0.4, -0.2) is 52.9 Å². The smallest absolute Gasteiger partial charge is 0.323 e. The number of benzene rings is 1. The summed E-state index contributed by atoms with van der Waals surface area (Å²) in [5.41, 5.74) is -0.471. The van der Waals surface area contributed by atoms with Crippen molar-refractivity contribution < 1.29 is 19.2 Å². The fourth-order valence-corrected chi connectivity index (χ4v) is 4.20. The van der Waals surface area contributed by atoms with E-state index >= 15 is 0 Å². The summed E-state index contributed by atoms with van der Waals surface area (Å²) in [5.74, 6) is -1.92. The molecule has 1 aromatic rings. The van der Waals surface area contributed by atoms with Gasteiger partial charge in [0.2, 0.25) is 5.91 Å². The number of rotatable bonds is 2. The molecule has 9 heteroatoms.